The first kappa shape index (κ1) is 20.1. The standard InChI is InChI=1S/C22H28FN3O2/c1-17(18-4-6-19(23)7-5-18)24(2)22(27)16-25-12-14-26(15-13-25)20-8-10-21(28-3)11-9-20/h4-11,17H,12-16H2,1-3H3. The number of halogens is 1. The van der Waals surface area contributed by atoms with Crippen LogP contribution in [0.15, 0.2) is 48.5 Å². The third-order valence-corrected chi connectivity index (χ3v) is 5.50. The fraction of sp³-hybridized carbons (Fsp3) is 0.409. The molecule has 2 aromatic carbocycles. The van der Waals surface area contributed by atoms with E-state index in [1.54, 1.807) is 24.1 Å². The average Bonchev–Trinajstić information content (AvgIpc) is 2.74. The van der Waals surface area contributed by atoms with Crippen LogP contribution in [0.25, 0.3) is 0 Å². The molecular weight excluding hydrogens is 357 g/mol. The van der Waals surface area contributed by atoms with Crippen LogP contribution >= 0.6 is 0 Å². The van der Waals surface area contributed by atoms with E-state index in [2.05, 4.69) is 21.9 Å². The predicted molar refractivity (Wildman–Crippen MR) is 109 cm³/mol. The van der Waals surface area contributed by atoms with Gasteiger partial charge in [0.25, 0.3) is 0 Å². The second kappa shape index (κ2) is 9.06. The van der Waals surface area contributed by atoms with Crippen molar-refractivity contribution in [3.8, 4) is 5.75 Å². The van der Waals surface area contributed by atoms with E-state index in [-0.39, 0.29) is 17.8 Å². The molecule has 1 aliphatic rings. The van der Waals surface area contributed by atoms with Crippen LogP contribution in [0.4, 0.5) is 10.1 Å². The topological polar surface area (TPSA) is 36.0 Å². The molecule has 1 unspecified atom stereocenters. The van der Waals surface area contributed by atoms with Crippen molar-refractivity contribution in [2.75, 3.05) is 51.8 Å². The van der Waals surface area contributed by atoms with Crippen LogP contribution in [0.1, 0.15) is 18.5 Å². The van der Waals surface area contributed by atoms with Gasteiger partial charge >= 0.3 is 0 Å². The fourth-order valence-corrected chi connectivity index (χ4v) is 3.44. The van der Waals surface area contributed by atoms with Gasteiger partial charge in [-0.2, -0.15) is 0 Å². The molecule has 150 valence electrons. The Labute approximate surface area is 166 Å². The van der Waals surface area contributed by atoms with E-state index in [9.17, 15) is 9.18 Å². The van der Waals surface area contributed by atoms with Gasteiger partial charge in [0.2, 0.25) is 5.91 Å². The van der Waals surface area contributed by atoms with E-state index < -0.39 is 0 Å². The summed E-state index contributed by atoms with van der Waals surface area (Å²) in [5, 5.41) is 0. The number of hydrogen-bond donors (Lipinski definition) is 0. The number of methoxy groups -OCH3 is 1. The summed E-state index contributed by atoms with van der Waals surface area (Å²) < 4.78 is 18.3. The number of benzene rings is 2. The highest BCUT2D eigenvalue weighted by molar-refractivity contribution is 5.78. The Morgan fingerprint density at radius 3 is 2.25 bits per heavy atom. The lowest BCUT2D eigenvalue weighted by Crippen LogP contribution is -2.50. The number of amides is 1. The Hall–Kier alpha value is -2.60. The molecule has 0 saturated carbocycles. The zero-order valence-electron chi connectivity index (χ0n) is 16.8. The van der Waals surface area contributed by atoms with Crippen molar-refractivity contribution < 1.29 is 13.9 Å². The molecule has 6 heteroatoms. The summed E-state index contributed by atoms with van der Waals surface area (Å²) >= 11 is 0. The van der Waals surface area contributed by atoms with Crippen molar-refractivity contribution >= 4 is 11.6 Å². The molecule has 5 nitrogen and oxygen atoms in total. The number of rotatable bonds is 6. The van der Waals surface area contributed by atoms with Crippen LogP contribution < -0.4 is 9.64 Å². The highest BCUT2D eigenvalue weighted by Gasteiger charge is 2.23. The number of nitrogens with zero attached hydrogens (tertiary/aromatic N) is 3. The molecule has 0 N–H and O–H groups in total. The molecule has 0 spiro atoms. The van der Waals surface area contributed by atoms with Crippen molar-refractivity contribution in [1.82, 2.24) is 9.80 Å². The first-order valence-corrected chi connectivity index (χ1v) is 9.60. The van der Waals surface area contributed by atoms with Gasteiger partial charge in [0.1, 0.15) is 11.6 Å². The molecule has 1 heterocycles. The highest BCUT2D eigenvalue weighted by Crippen LogP contribution is 2.22. The minimum Gasteiger partial charge on any atom is -0.497 e. The molecule has 1 fully saturated rings. The molecule has 2 aromatic rings. The summed E-state index contributed by atoms with van der Waals surface area (Å²) in [7, 11) is 3.47. The van der Waals surface area contributed by atoms with E-state index in [0.29, 0.717) is 6.54 Å². The van der Waals surface area contributed by atoms with E-state index >= 15 is 0 Å². The SMILES string of the molecule is COc1ccc(N2CCN(CC(=O)N(C)C(C)c3ccc(F)cc3)CC2)cc1. The van der Waals surface area contributed by atoms with Crippen LogP contribution in [0.5, 0.6) is 5.75 Å². The number of carbonyl (C=O) groups is 1. The molecule has 1 amide bonds. The van der Waals surface area contributed by atoms with E-state index in [4.69, 9.17) is 4.74 Å². The van der Waals surface area contributed by atoms with Gasteiger partial charge in [0, 0.05) is 38.9 Å². The van der Waals surface area contributed by atoms with Crippen LogP contribution in [-0.2, 0) is 4.79 Å². The zero-order chi connectivity index (χ0) is 20.1. The minimum atomic E-state index is -0.264. The van der Waals surface area contributed by atoms with Crippen LogP contribution in [0.2, 0.25) is 0 Å². The van der Waals surface area contributed by atoms with Crippen molar-refractivity contribution in [2.45, 2.75) is 13.0 Å². The molecule has 0 bridgehead atoms. The molecule has 0 aliphatic carbocycles. The van der Waals surface area contributed by atoms with Crippen molar-refractivity contribution in [3.05, 3.63) is 59.9 Å². The van der Waals surface area contributed by atoms with Crippen LogP contribution in [0.3, 0.4) is 0 Å². The summed E-state index contributed by atoms with van der Waals surface area (Å²) in [5.41, 5.74) is 2.11. The van der Waals surface area contributed by atoms with E-state index in [0.717, 1.165) is 37.5 Å². The smallest absolute Gasteiger partial charge is 0.236 e. The maximum atomic E-state index is 13.1. The Balaban J connectivity index is 1.50. The first-order valence-electron chi connectivity index (χ1n) is 9.60. The Morgan fingerprint density at radius 1 is 1.07 bits per heavy atom. The Bertz CT molecular complexity index is 771. The van der Waals surface area contributed by atoms with Gasteiger partial charge in [-0.3, -0.25) is 9.69 Å². The number of ether oxygens (including phenoxy) is 1. The third kappa shape index (κ3) is 4.81. The summed E-state index contributed by atoms with van der Waals surface area (Å²) in [6.45, 7) is 5.83. The maximum Gasteiger partial charge on any atom is 0.236 e. The number of piperazine rings is 1. The molecule has 0 radical (unpaired) electrons. The number of hydrogen-bond acceptors (Lipinski definition) is 4. The number of carbonyl (C=O) groups excluding carboxylic acids is 1. The molecule has 28 heavy (non-hydrogen) atoms. The normalized spacial score (nSPS) is 15.9. The number of anilines is 1. The average molecular weight is 385 g/mol. The fourth-order valence-electron chi connectivity index (χ4n) is 3.44. The van der Waals surface area contributed by atoms with Gasteiger partial charge in [-0.15, -0.1) is 0 Å². The minimum absolute atomic E-state index is 0.0784. The predicted octanol–water partition coefficient (Wildman–Crippen LogP) is 3.18. The van der Waals surface area contributed by atoms with Gasteiger partial charge in [0.05, 0.1) is 19.7 Å². The monoisotopic (exact) mass is 385 g/mol. The molecule has 3 rings (SSSR count). The molecule has 1 aliphatic heterocycles. The van der Waals surface area contributed by atoms with Gasteiger partial charge in [-0.1, -0.05) is 12.1 Å². The quantitative estimate of drug-likeness (QED) is 0.765. The van der Waals surface area contributed by atoms with Crippen molar-refractivity contribution in [1.29, 1.82) is 0 Å². The third-order valence-electron chi connectivity index (χ3n) is 5.50. The van der Waals surface area contributed by atoms with E-state index in [1.165, 1.54) is 17.8 Å². The van der Waals surface area contributed by atoms with E-state index in [1.807, 2.05) is 26.1 Å². The molecule has 1 saturated heterocycles. The Kier molecular flexibility index (Phi) is 6.52. The first-order chi connectivity index (χ1) is 13.5. The lowest BCUT2D eigenvalue weighted by Gasteiger charge is -2.37. The maximum absolute atomic E-state index is 13.1. The summed E-state index contributed by atoms with van der Waals surface area (Å²) in [6, 6.07) is 14.3. The van der Waals surface area contributed by atoms with Crippen LogP contribution in [-0.4, -0.2) is 62.6 Å². The zero-order valence-corrected chi connectivity index (χ0v) is 16.8. The summed E-state index contributed by atoms with van der Waals surface area (Å²) in [6.07, 6.45) is 0. The molecule has 1 atom stereocenters. The van der Waals surface area contributed by atoms with Crippen molar-refractivity contribution in [3.63, 3.8) is 0 Å². The van der Waals surface area contributed by atoms with Crippen LogP contribution in [0, 0.1) is 5.82 Å². The molecule has 0 aromatic heterocycles. The van der Waals surface area contributed by atoms with Gasteiger partial charge < -0.3 is 14.5 Å². The largest absolute Gasteiger partial charge is 0.497 e. The summed E-state index contributed by atoms with van der Waals surface area (Å²) in [5.74, 6) is 0.667. The van der Waals surface area contributed by atoms with Gasteiger partial charge in [0.15, 0.2) is 0 Å². The molecular formula is C22H28FN3O2. The summed E-state index contributed by atoms with van der Waals surface area (Å²) in [4.78, 5) is 19.0. The van der Waals surface area contributed by atoms with Crippen molar-refractivity contribution in [2.24, 2.45) is 0 Å². The Morgan fingerprint density at radius 2 is 1.68 bits per heavy atom. The lowest BCUT2D eigenvalue weighted by molar-refractivity contribution is -0.133. The lowest BCUT2D eigenvalue weighted by atomic mass is 10.1. The highest BCUT2D eigenvalue weighted by atomic mass is 19.1. The van der Waals surface area contributed by atoms with Gasteiger partial charge in [-0.05, 0) is 48.9 Å². The second-order valence-electron chi connectivity index (χ2n) is 7.19. The number of likely N-dealkylation sites (N-methyl/N-ethyl adjacent to an activating group) is 1. The van der Waals surface area contributed by atoms with Gasteiger partial charge in [-0.25, -0.2) is 4.39 Å². The second-order valence-corrected chi connectivity index (χ2v) is 7.19.